The molecule has 2 aromatic rings. The van der Waals surface area contributed by atoms with Gasteiger partial charge in [0.15, 0.2) is 11.5 Å². The maximum atomic E-state index is 11.1. The second-order valence-electron chi connectivity index (χ2n) is 3.58. The van der Waals surface area contributed by atoms with Crippen LogP contribution < -0.4 is 16.8 Å². The van der Waals surface area contributed by atoms with Crippen LogP contribution in [-0.4, -0.2) is 32.2 Å². The van der Waals surface area contributed by atoms with Gasteiger partial charge in [0, 0.05) is 25.1 Å². The summed E-state index contributed by atoms with van der Waals surface area (Å²) in [6.07, 6.45) is 6.19. The fraction of sp³-hybridized carbons (Fsp3) is 0.200. The van der Waals surface area contributed by atoms with Crippen molar-refractivity contribution in [2.24, 2.45) is 5.73 Å². The summed E-state index contributed by atoms with van der Waals surface area (Å²) >= 11 is 0. The highest BCUT2D eigenvalue weighted by atomic mass is 16.1. The molecule has 0 aromatic carbocycles. The van der Waals surface area contributed by atoms with E-state index in [1.807, 2.05) is 0 Å². The third kappa shape index (κ3) is 2.73. The second-order valence-corrected chi connectivity index (χ2v) is 3.58. The van der Waals surface area contributed by atoms with Crippen LogP contribution in [0.4, 0.5) is 11.5 Å². The van der Waals surface area contributed by atoms with Crippen LogP contribution in [0.15, 0.2) is 24.8 Å². The van der Waals surface area contributed by atoms with E-state index in [-0.39, 0.29) is 5.69 Å². The molecule has 2 heterocycles. The van der Waals surface area contributed by atoms with Crippen molar-refractivity contribution in [2.75, 3.05) is 17.6 Å². The maximum absolute atomic E-state index is 11.1. The molecule has 0 radical (unpaired) electrons. The Kier molecular flexibility index (Phi) is 3.37. The van der Waals surface area contributed by atoms with E-state index in [9.17, 15) is 4.79 Å². The summed E-state index contributed by atoms with van der Waals surface area (Å²) in [5.41, 5.74) is 11.4. The first kappa shape index (κ1) is 11.8. The fourth-order valence-electron chi connectivity index (χ4n) is 1.44. The molecule has 0 bridgehead atoms. The number of rotatable bonds is 5. The van der Waals surface area contributed by atoms with Crippen molar-refractivity contribution in [3.63, 3.8) is 0 Å². The third-order valence-electron chi connectivity index (χ3n) is 2.22. The van der Waals surface area contributed by atoms with Crippen LogP contribution in [0.2, 0.25) is 0 Å². The highest BCUT2D eigenvalue weighted by molar-refractivity contribution is 5.95. The van der Waals surface area contributed by atoms with Gasteiger partial charge in [0.25, 0.3) is 5.91 Å². The molecule has 2 aromatic heterocycles. The summed E-state index contributed by atoms with van der Waals surface area (Å²) in [6.45, 7) is 1.12. The number of nitrogens with zero attached hydrogens (tertiary/aromatic N) is 4. The molecule has 8 heteroatoms. The largest absolute Gasteiger partial charge is 0.396 e. The lowest BCUT2D eigenvalue weighted by molar-refractivity contribution is 0.0996. The van der Waals surface area contributed by atoms with E-state index in [0.29, 0.717) is 24.6 Å². The molecule has 0 fully saturated rings. The van der Waals surface area contributed by atoms with Crippen LogP contribution in [0.3, 0.4) is 0 Å². The predicted molar refractivity (Wildman–Crippen MR) is 65.7 cm³/mol. The molecule has 2 rings (SSSR count). The van der Waals surface area contributed by atoms with Crippen molar-refractivity contribution in [1.29, 1.82) is 0 Å². The highest BCUT2D eigenvalue weighted by Crippen LogP contribution is 2.06. The number of hydrogen-bond donors (Lipinski definition) is 3. The van der Waals surface area contributed by atoms with Gasteiger partial charge in [-0.2, -0.15) is 5.10 Å². The number of nitrogens with two attached hydrogens (primary N) is 2. The van der Waals surface area contributed by atoms with E-state index in [0.717, 1.165) is 0 Å². The number of nitrogen functional groups attached to an aromatic ring is 1. The highest BCUT2D eigenvalue weighted by Gasteiger charge is 2.09. The number of carbonyl (C=O) groups excluding carboxylic acids is 1. The summed E-state index contributed by atoms with van der Waals surface area (Å²) in [7, 11) is 0. The topological polar surface area (TPSA) is 125 Å². The van der Waals surface area contributed by atoms with E-state index in [4.69, 9.17) is 11.5 Å². The van der Waals surface area contributed by atoms with E-state index in [1.165, 1.54) is 12.4 Å². The van der Waals surface area contributed by atoms with Gasteiger partial charge in [0.2, 0.25) is 0 Å². The van der Waals surface area contributed by atoms with Gasteiger partial charge >= 0.3 is 0 Å². The van der Waals surface area contributed by atoms with Gasteiger partial charge in [0.1, 0.15) is 0 Å². The van der Waals surface area contributed by atoms with Crippen LogP contribution in [0.5, 0.6) is 0 Å². The summed E-state index contributed by atoms with van der Waals surface area (Å²) in [6, 6.07) is 0. The molecule has 0 unspecified atom stereocenters. The zero-order chi connectivity index (χ0) is 13.0. The van der Waals surface area contributed by atoms with Crippen molar-refractivity contribution in [1.82, 2.24) is 19.7 Å². The second kappa shape index (κ2) is 5.13. The molecular formula is C10H13N7O. The Morgan fingerprint density at radius 2 is 2.17 bits per heavy atom. The summed E-state index contributed by atoms with van der Waals surface area (Å²) in [5.74, 6) is -0.251. The molecule has 0 spiro atoms. The van der Waals surface area contributed by atoms with Crippen LogP contribution in [0.1, 0.15) is 10.5 Å². The van der Waals surface area contributed by atoms with Gasteiger partial charge < -0.3 is 16.8 Å². The van der Waals surface area contributed by atoms with Crippen LogP contribution in [0.25, 0.3) is 0 Å². The standard InChI is InChI=1S/C10H13N7O/c11-7-5-16-17(6-7)4-3-15-10-8(9(12)18)13-1-2-14-10/h1-2,5-6H,3-4,11H2,(H2,12,18)(H,14,15). The lowest BCUT2D eigenvalue weighted by Gasteiger charge is -2.07. The number of primary amides is 1. The van der Waals surface area contributed by atoms with E-state index in [1.54, 1.807) is 17.1 Å². The molecule has 0 saturated heterocycles. The molecule has 1 amide bonds. The van der Waals surface area contributed by atoms with Gasteiger partial charge in [-0.05, 0) is 0 Å². The summed E-state index contributed by atoms with van der Waals surface area (Å²) in [4.78, 5) is 19.0. The Hall–Kier alpha value is -2.64. The minimum atomic E-state index is -0.617. The van der Waals surface area contributed by atoms with E-state index in [2.05, 4.69) is 20.4 Å². The molecule has 5 N–H and O–H groups in total. The van der Waals surface area contributed by atoms with Crippen molar-refractivity contribution in [2.45, 2.75) is 6.54 Å². The average molecular weight is 247 g/mol. The van der Waals surface area contributed by atoms with Gasteiger partial charge in [-0.25, -0.2) is 9.97 Å². The number of aromatic nitrogens is 4. The third-order valence-corrected chi connectivity index (χ3v) is 2.22. The Morgan fingerprint density at radius 3 is 2.83 bits per heavy atom. The van der Waals surface area contributed by atoms with Crippen LogP contribution in [-0.2, 0) is 6.54 Å². The predicted octanol–water partition coefficient (Wildman–Crippen LogP) is -0.534. The summed E-state index contributed by atoms with van der Waals surface area (Å²) < 4.78 is 1.68. The minimum Gasteiger partial charge on any atom is -0.396 e. The first-order chi connectivity index (χ1) is 8.66. The van der Waals surface area contributed by atoms with Gasteiger partial charge in [-0.1, -0.05) is 0 Å². The van der Waals surface area contributed by atoms with E-state index < -0.39 is 5.91 Å². The average Bonchev–Trinajstić information content (AvgIpc) is 2.75. The molecule has 0 saturated carbocycles. The van der Waals surface area contributed by atoms with Gasteiger partial charge in [-0.15, -0.1) is 0 Å². The molecule has 94 valence electrons. The number of amides is 1. The molecule has 0 aliphatic carbocycles. The number of anilines is 2. The number of hydrogen-bond acceptors (Lipinski definition) is 6. The zero-order valence-electron chi connectivity index (χ0n) is 9.58. The zero-order valence-corrected chi connectivity index (χ0v) is 9.58. The SMILES string of the molecule is NC(=O)c1nccnc1NCCn1cc(N)cn1. The van der Waals surface area contributed by atoms with Crippen LogP contribution in [0, 0.1) is 0 Å². The first-order valence-corrected chi connectivity index (χ1v) is 5.29. The lowest BCUT2D eigenvalue weighted by Crippen LogP contribution is -2.19. The van der Waals surface area contributed by atoms with Crippen molar-refractivity contribution >= 4 is 17.4 Å². The monoisotopic (exact) mass is 247 g/mol. The van der Waals surface area contributed by atoms with Crippen molar-refractivity contribution < 1.29 is 4.79 Å². The Labute approximate surface area is 103 Å². The molecule has 18 heavy (non-hydrogen) atoms. The summed E-state index contributed by atoms with van der Waals surface area (Å²) in [5, 5.41) is 7.00. The Balaban J connectivity index is 1.96. The molecule has 8 nitrogen and oxygen atoms in total. The smallest absolute Gasteiger partial charge is 0.271 e. The van der Waals surface area contributed by atoms with Gasteiger partial charge in [-0.3, -0.25) is 9.48 Å². The number of carbonyl (C=O) groups is 1. The fourth-order valence-corrected chi connectivity index (χ4v) is 1.44. The molecular weight excluding hydrogens is 234 g/mol. The lowest BCUT2D eigenvalue weighted by atomic mass is 10.4. The van der Waals surface area contributed by atoms with Crippen LogP contribution >= 0.6 is 0 Å². The van der Waals surface area contributed by atoms with Crippen molar-refractivity contribution in [3.8, 4) is 0 Å². The molecule has 0 atom stereocenters. The van der Waals surface area contributed by atoms with E-state index >= 15 is 0 Å². The van der Waals surface area contributed by atoms with Crippen molar-refractivity contribution in [3.05, 3.63) is 30.5 Å². The Morgan fingerprint density at radius 1 is 1.39 bits per heavy atom. The quantitative estimate of drug-likeness (QED) is 0.652. The molecule has 0 aliphatic heterocycles. The maximum Gasteiger partial charge on any atom is 0.271 e. The Bertz CT molecular complexity index is 551. The van der Waals surface area contributed by atoms with Gasteiger partial charge in [0.05, 0.1) is 18.4 Å². The number of nitrogens with one attached hydrogen (secondary N) is 1. The minimum absolute atomic E-state index is 0.123. The first-order valence-electron chi connectivity index (χ1n) is 5.29. The normalized spacial score (nSPS) is 10.2. The molecule has 0 aliphatic rings.